The smallest absolute Gasteiger partial charge is 0.280 e. The molecule has 2 aromatic heterocycles. The molecule has 1 fully saturated rings. The number of imidazole rings is 1. The van der Waals surface area contributed by atoms with Crippen LogP contribution in [0.1, 0.15) is 42.2 Å². The Morgan fingerprint density at radius 2 is 1.62 bits per heavy atom. The fourth-order valence-corrected chi connectivity index (χ4v) is 6.01. The van der Waals surface area contributed by atoms with E-state index in [1.165, 1.54) is 6.33 Å². The molecule has 5 N–H and O–H groups in total. The van der Waals surface area contributed by atoms with E-state index in [1.807, 2.05) is 78.9 Å². The van der Waals surface area contributed by atoms with Crippen LogP contribution < -0.4 is 26.1 Å². The fourth-order valence-electron chi connectivity index (χ4n) is 6.01. The molecule has 3 heterocycles. The van der Waals surface area contributed by atoms with Crippen LogP contribution in [0.4, 0.5) is 5.95 Å². The van der Waals surface area contributed by atoms with Gasteiger partial charge in [0.1, 0.15) is 29.4 Å². The highest BCUT2D eigenvalue weighted by molar-refractivity contribution is 5.71. The lowest BCUT2D eigenvalue weighted by Crippen LogP contribution is -2.38. The van der Waals surface area contributed by atoms with Crippen molar-refractivity contribution in [3.05, 3.63) is 112 Å². The van der Waals surface area contributed by atoms with Gasteiger partial charge in [0.05, 0.1) is 33.3 Å². The van der Waals surface area contributed by atoms with Gasteiger partial charge in [-0.05, 0) is 60.3 Å². The van der Waals surface area contributed by atoms with Crippen LogP contribution >= 0.6 is 0 Å². The van der Waals surface area contributed by atoms with E-state index in [4.69, 9.17) is 24.7 Å². The molecule has 12 heteroatoms. The van der Waals surface area contributed by atoms with Crippen molar-refractivity contribution >= 4 is 17.1 Å². The maximum absolute atomic E-state index is 12.8. The fraction of sp³-hybridized carbons (Fsp3) is 0.343. The van der Waals surface area contributed by atoms with Gasteiger partial charge in [-0.2, -0.15) is 4.98 Å². The minimum absolute atomic E-state index is 0.0548. The standard InChI is InChI=1S/C35H40N6O6/c1-44-26-14-10-24(11-15-26)35(23-8-4-3-5-9-23,25-12-16-27(45-2)17-13-25)46-21-29-28(42)20-30(47-29)41-22-38-31-32(41)39-34(40-33(31)43)37-19-7-6-18-36/h3-5,8-17,22,28-30,42H,6-7,18-21,36H2,1-2H3,(H2,37,39,40,43)/t28-,29+,30+/m0/s1. The molecule has 47 heavy (non-hydrogen) atoms. The minimum Gasteiger partial charge on any atom is -0.497 e. The molecule has 3 atom stereocenters. The van der Waals surface area contributed by atoms with Crippen LogP contribution in [0.2, 0.25) is 0 Å². The molecule has 12 nitrogen and oxygen atoms in total. The van der Waals surface area contributed by atoms with Gasteiger partial charge in [-0.1, -0.05) is 54.6 Å². The SMILES string of the molecule is COc1ccc(C(OC[C@H]2O[C@@H](n3cnc4c(=O)[nH]c(NCCCCN)nc43)C[C@@H]2O)(c2ccccc2)c2ccc(OC)cc2)cc1. The van der Waals surface area contributed by atoms with Crippen molar-refractivity contribution in [1.82, 2.24) is 19.5 Å². The largest absolute Gasteiger partial charge is 0.497 e. The average molecular weight is 641 g/mol. The Hall–Kier alpha value is -4.75. The number of fused-ring (bicyclic) bond motifs is 1. The van der Waals surface area contributed by atoms with Crippen LogP contribution in [0.3, 0.4) is 0 Å². The number of hydrogen-bond acceptors (Lipinski definition) is 10. The van der Waals surface area contributed by atoms with E-state index >= 15 is 0 Å². The summed E-state index contributed by atoms with van der Waals surface area (Å²) in [5.41, 5.74) is 7.36. The summed E-state index contributed by atoms with van der Waals surface area (Å²) in [6, 6.07) is 25.5. The molecule has 0 amide bonds. The van der Waals surface area contributed by atoms with E-state index in [1.54, 1.807) is 18.8 Å². The number of nitrogens with two attached hydrogens (primary N) is 1. The maximum Gasteiger partial charge on any atom is 0.280 e. The van der Waals surface area contributed by atoms with Crippen molar-refractivity contribution in [3.8, 4) is 11.5 Å². The number of ether oxygens (including phenoxy) is 4. The molecule has 6 rings (SSSR count). The maximum atomic E-state index is 12.8. The van der Waals surface area contributed by atoms with Gasteiger partial charge < -0.3 is 35.1 Å². The zero-order valence-electron chi connectivity index (χ0n) is 26.5. The molecule has 5 aromatic rings. The molecule has 1 aliphatic rings. The number of H-pyrrole nitrogens is 1. The van der Waals surface area contributed by atoms with Crippen LogP contribution in [0, 0.1) is 0 Å². The molecule has 1 saturated heterocycles. The lowest BCUT2D eigenvalue weighted by Gasteiger charge is -2.37. The molecule has 0 unspecified atom stereocenters. The van der Waals surface area contributed by atoms with Crippen LogP contribution in [-0.2, 0) is 15.1 Å². The lowest BCUT2D eigenvalue weighted by molar-refractivity contribution is -0.0931. The molecule has 0 aliphatic carbocycles. The third-order valence-electron chi connectivity index (χ3n) is 8.51. The van der Waals surface area contributed by atoms with Gasteiger partial charge >= 0.3 is 0 Å². The number of aromatic amines is 1. The summed E-state index contributed by atoms with van der Waals surface area (Å²) in [7, 11) is 3.26. The zero-order valence-corrected chi connectivity index (χ0v) is 26.5. The number of rotatable bonds is 14. The van der Waals surface area contributed by atoms with Gasteiger partial charge in [0.15, 0.2) is 11.2 Å². The number of aliphatic hydroxyl groups is 1. The molecular weight excluding hydrogens is 600 g/mol. The zero-order chi connectivity index (χ0) is 32.8. The lowest BCUT2D eigenvalue weighted by atomic mass is 9.80. The topological polar surface area (TPSA) is 159 Å². The summed E-state index contributed by atoms with van der Waals surface area (Å²) in [5, 5.41) is 14.4. The van der Waals surface area contributed by atoms with Gasteiger partial charge in [-0.25, -0.2) is 4.98 Å². The highest BCUT2D eigenvalue weighted by Gasteiger charge is 2.42. The van der Waals surface area contributed by atoms with Crippen molar-refractivity contribution < 1.29 is 24.1 Å². The molecule has 0 bridgehead atoms. The number of nitrogens with one attached hydrogen (secondary N) is 2. The van der Waals surface area contributed by atoms with Gasteiger partial charge in [-0.15, -0.1) is 0 Å². The first-order valence-electron chi connectivity index (χ1n) is 15.7. The van der Waals surface area contributed by atoms with Crippen molar-refractivity contribution in [2.45, 2.75) is 43.3 Å². The van der Waals surface area contributed by atoms with Gasteiger partial charge in [0.25, 0.3) is 5.56 Å². The molecule has 246 valence electrons. The van der Waals surface area contributed by atoms with E-state index in [-0.39, 0.29) is 24.1 Å². The van der Waals surface area contributed by atoms with Crippen LogP contribution in [0.15, 0.2) is 90.0 Å². The number of hydrogen-bond donors (Lipinski definition) is 4. The molecule has 1 aliphatic heterocycles. The van der Waals surface area contributed by atoms with Crippen molar-refractivity contribution in [2.24, 2.45) is 5.73 Å². The Bertz CT molecular complexity index is 1760. The van der Waals surface area contributed by atoms with E-state index in [0.717, 1.165) is 41.0 Å². The summed E-state index contributed by atoms with van der Waals surface area (Å²) < 4.78 is 26.0. The number of methoxy groups -OCH3 is 2. The van der Waals surface area contributed by atoms with Gasteiger partial charge in [0, 0.05) is 13.0 Å². The predicted molar refractivity (Wildman–Crippen MR) is 178 cm³/mol. The first-order valence-corrected chi connectivity index (χ1v) is 15.7. The molecular formula is C35H40N6O6. The van der Waals surface area contributed by atoms with Crippen LogP contribution in [-0.4, -0.2) is 70.7 Å². The summed E-state index contributed by atoms with van der Waals surface area (Å²) in [6.45, 7) is 1.26. The number of aliphatic hydroxyl groups excluding tert-OH is 1. The first kappa shape index (κ1) is 32.2. The Morgan fingerprint density at radius 3 is 2.23 bits per heavy atom. The molecule has 3 aromatic carbocycles. The summed E-state index contributed by atoms with van der Waals surface area (Å²) in [4.78, 5) is 24.4. The van der Waals surface area contributed by atoms with Gasteiger partial charge in [0.2, 0.25) is 5.95 Å². The summed E-state index contributed by atoms with van der Waals surface area (Å²) >= 11 is 0. The number of benzene rings is 3. The second-order valence-corrected chi connectivity index (χ2v) is 11.4. The van der Waals surface area contributed by atoms with Crippen molar-refractivity contribution in [3.63, 3.8) is 0 Å². The summed E-state index contributed by atoms with van der Waals surface area (Å²) in [5.74, 6) is 1.78. The summed E-state index contributed by atoms with van der Waals surface area (Å²) in [6.07, 6.45) is 1.33. The van der Waals surface area contributed by atoms with Crippen LogP contribution in [0.5, 0.6) is 11.5 Å². The van der Waals surface area contributed by atoms with E-state index in [2.05, 4.69) is 20.3 Å². The quantitative estimate of drug-likeness (QED) is 0.103. The van der Waals surface area contributed by atoms with Crippen molar-refractivity contribution in [2.75, 3.05) is 39.2 Å². The second kappa shape index (κ2) is 14.3. The predicted octanol–water partition coefficient (Wildman–Crippen LogP) is 3.94. The first-order chi connectivity index (χ1) is 23.0. The average Bonchev–Trinajstić information content (AvgIpc) is 3.71. The Balaban J connectivity index is 1.31. The molecule has 0 saturated carbocycles. The number of unbranched alkanes of at least 4 members (excludes halogenated alkanes) is 1. The monoisotopic (exact) mass is 640 g/mol. The third kappa shape index (κ3) is 6.58. The highest BCUT2D eigenvalue weighted by Crippen LogP contribution is 2.43. The number of nitrogens with zero attached hydrogens (tertiary/aromatic N) is 3. The number of anilines is 1. The second-order valence-electron chi connectivity index (χ2n) is 11.4. The Labute approximate surface area is 272 Å². The Morgan fingerprint density at radius 1 is 0.979 bits per heavy atom. The normalized spacial score (nSPS) is 18.0. The third-order valence-corrected chi connectivity index (χ3v) is 8.51. The highest BCUT2D eigenvalue weighted by atomic mass is 16.6. The van der Waals surface area contributed by atoms with E-state index in [0.29, 0.717) is 24.7 Å². The van der Waals surface area contributed by atoms with E-state index < -0.39 is 24.0 Å². The van der Waals surface area contributed by atoms with Gasteiger partial charge in [-0.3, -0.25) is 14.3 Å². The van der Waals surface area contributed by atoms with Crippen LogP contribution in [0.25, 0.3) is 11.2 Å². The van der Waals surface area contributed by atoms with E-state index in [9.17, 15) is 9.90 Å². The Kier molecular flexibility index (Phi) is 9.83. The molecule has 0 radical (unpaired) electrons. The minimum atomic E-state index is -1.07. The number of aromatic nitrogens is 4. The molecule has 0 spiro atoms. The van der Waals surface area contributed by atoms with Crippen molar-refractivity contribution in [1.29, 1.82) is 0 Å².